The van der Waals surface area contributed by atoms with Crippen molar-refractivity contribution in [2.75, 3.05) is 6.61 Å². The summed E-state index contributed by atoms with van der Waals surface area (Å²) in [5.41, 5.74) is 0.474. The van der Waals surface area contributed by atoms with Crippen LogP contribution in [0.2, 0.25) is 0 Å². The Hall–Kier alpha value is -1.86. The van der Waals surface area contributed by atoms with E-state index in [2.05, 4.69) is 17.2 Å². The average molecular weight is 247 g/mol. The van der Waals surface area contributed by atoms with E-state index in [1.165, 1.54) is 12.1 Å². The molecule has 1 aromatic rings. The Balaban J connectivity index is 2.11. The van der Waals surface area contributed by atoms with Gasteiger partial charge in [-0.3, -0.25) is 4.79 Å². The summed E-state index contributed by atoms with van der Waals surface area (Å²) >= 11 is 0. The summed E-state index contributed by atoms with van der Waals surface area (Å²) in [6.07, 6.45) is 0.952. The summed E-state index contributed by atoms with van der Waals surface area (Å²) in [5.74, 6) is 4.52. The number of aliphatic hydroxyl groups excluding tert-OH is 1. The lowest BCUT2D eigenvalue weighted by Crippen LogP contribution is -2.27. The molecule has 1 saturated carbocycles. The van der Waals surface area contributed by atoms with Gasteiger partial charge in [-0.2, -0.15) is 0 Å². The van der Waals surface area contributed by atoms with Crippen molar-refractivity contribution >= 4 is 5.91 Å². The molecular formula is C14H14FNO2. The number of nitrogens with one attached hydrogen (secondary N) is 1. The van der Waals surface area contributed by atoms with E-state index in [4.69, 9.17) is 5.11 Å². The maximum atomic E-state index is 13.7. The van der Waals surface area contributed by atoms with Crippen molar-refractivity contribution < 1.29 is 14.3 Å². The van der Waals surface area contributed by atoms with Gasteiger partial charge in [-0.15, -0.1) is 0 Å². The monoisotopic (exact) mass is 247 g/mol. The van der Waals surface area contributed by atoms with Gasteiger partial charge in [-0.25, -0.2) is 4.39 Å². The van der Waals surface area contributed by atoms with E-state index in [1.807, 2.05) is 6.92 Å². The lowest BCUT2D eigenvalue weighted by molar-refractivity contribution is 0.0945. The zero-order valence-corrected chi connectivity index (χ0v) is 10.0. The van der Waals surface area contributed by atoms with Crippen molar-refractivity contribution in [2.45, 2.75) is 19.4 Å². The van der Waals surface area contributed by atoms with Crippen molar-refractivity contribution in [3.63, 3.8) is 0 Å². The van der Waals surface area contributed by atoms with Crippen molar-refractivity contribution in [1.29, 1.82) is 0 Å². The Labute approximate surface area is 105 Å². The molecule has 2 atom stereocenters. The van der Waals surface area contributed by atoms with Gasteiger partial charge in [0.2, 0.25) is 0 Å². The predicted octanol–water partition coefficient (Wildman–Crippen LogP) is 1.31. The van der Waals surface area contributed by atoms with Crippen LogP contribution >= 0.6 is 0 Å². The number of carbonyl (C=O) groups is 1. The molecule has 3 nitrogen and oxygen atoms in total. The first-order valence-electron chi connectivity index (χ1n) is 5.82. The minimum atomic E-state index is -0.592. The number of hydrogen-bond acceptors (Lipinski definition) is 2. The molecule has 0 bridgehead atoms. The van der Waals surface area contributed by atoms with Crippen LogP contribution in [0.3, 0.4) is 0 Å². The molecule has 2 rings (SSSR count). The molecule has 1 aromatic carbocycles. The molecule has 1 aliphatic carbocycles. The highest BCUT2D eigenvalue weighted by Crippen LogP contribution is 2.29. The summed E-state index contributed by atoms with van der Waals surface area (Å²) < 4.78 is 13.7. The first-order valence-corrected chi connectivity index (χ1v) is 5.82. The maximum Gasteiger partial charge on any atom is 0.254 e. The van der Waals surface area contributed by atoms with Gasteiger partial charge in [0.05, 0.1) is 5.56 Å². The van der Waals surface area contributed by atoms with Crippen LogP contribution in [-0.4, -0.2) is 23.7 Å². The lowest BCUT2D eigenvalue weighted by Gasteiger charge is -2.05. The maximum absolute atomic E-state index is 13.7. The highest BCUT2D eigenvalue weighted by atomic mass is 19.1. The van der Waals surface area contributed by atoms with Crippen molar-refractivity contribution in [3.05, 3.63) is 35.1 Å². The lowest BCUT2D eigenvalue weighted by atomic mass is 10.1. The summed E-state index contributed by atoms with van der Waals surface area (Å²) in [4.78, 5) is 11.8. The molecular weight excluding hydrogens is 233 g/mol. The number of halogens is 1. The zero-order valence-electron chi connectivity index (χ0n) is 10.0. The second-order valence-electron chi connectivity index (χ2n) is 4.45. The fourth-order valence-electron chi connectivity index (χ4n) is 1.69. The molecule has 0 saturated heterocycles. The fourth-order valence-corrected chi connectivity index (χ4v) is 1.69. The molecule has 0 aliphatic heterocycles. The number of rotatable bonds is 2. The fraction of sp³-hybridized carbons (Fsp3) is 0.357. The number of carbonyl (C=O) groups excluding carboxylic acids is 1. The van der Waals surface area contributed by atoms with Gasteiger partial charge in [-0.1, -0.05) is 18.8 Å². The van der Waals surface area contributed by atoms with Crippen LogP contribution in [0.5, 0.6) is 0 Å². The number of hydrogen-bond donors (Lipinski definition) is 2. The van der Waals surface area contributed by atoms with Gasteiger partial charge in [0.1, 0.15) is 12.4 Å². The SMILES string of the molecule is CC1CC1NC(=O)c1ccc(C#CCO)cc1F. The summed E-state index contributed by atoms with van der Waals surface area (Å²) in [5, 5.41) is 11.3. The Morgan fingerprint density at radius 3 is 2.89 bits per heavy atom. The van der Waals surface area contributed by atoms with Gasteiger partial charge in [0.25, 0.3) is 5.91 Å². The van der Waals surface area contributed by atoms with E-state index in [9.17, 15) is 9.18 Å². The summed E-state index contributed by atoms with van der Waals surface area (Å²) in [6.45, 7) is 1.76. The molecule has 2 N–H and O–H groups in total. The summed E-state index contributed by atoms with van der Waals surface area (Å²) in [6, 6.07) is 4.36. The van der Waals surface area contributed by atoms with Gasteiger partial charge in [0.15, 0.2) is 0 Å². The second-order valence-corrected chi connectivity index (χ2v) is 4.45. The Bertz CT molecular complexity index is 530. The molecule has 0 aromatic heterocycles. The van der Waals surface area contributed by atoms with Crippen LogP contribution in [0, 0.1) is 23.6 Å². The third-order valence-electron chi connectivity index (χ3n) is 2.95. The van der Waals surface area contributed by atoms with E-state index in [-0.39, 0.29) is 24.1 Å². The molecule has 1 amide bonds. The topological polar surface area (TPSA) is 49.3 Å². The Morgan fingerprint density at radius 2 is 2.33 bits per heavy atom. The van der Waals surface area contributed by atoms with Crippen molar-refractivity contribution in [2.24, 2.45) is 5.92 Å². The van der Waals surface area contributed by atoms with E-state index in [1.54, 1.807) is 6.07 Å². The van der Waals surface area contributed by atoms with Crippen molar-refractivity contribution in [1.82, 2.24) is 5.32 Å². The summed E-state index contributed by atoms with van der Waals surface area (Å²) in [7, 11) is 0. The van der Waals surface area contributed by atoms with Gasteiger partial charge < -0.3 is 10.4 Å². The Morgan fingerprint density at radius 1 is 1.61 bits per heavy atom. The molecule has 0 spiro atoms. The van der Waals surface area contributed by atoms with E-state index < -0.39 is 5.82 Å². The highest BCUT2D eigenvalue weighted by Gasteiger charge is 2.34. The number of benzene rings is 1. The van der Waals surface area contributed by atoms with Crippen LogP contribution in [-0.2, 0) is 0 Å². The average Bonchev–Trinajstić information content (AvgIpc) is 3.02. The number of aliphatic hydroxyl groups is 1. The molecule has 0 radical (unpaired) electrons. The molecule has 4 heteroatoms. The smallest absolute Gasteiger partial charge is 0.254 e. The highest BCUT2D eigenvalue weighted by molar-refractivity contribution is 5.95. The van der Waals surface area contributed by atoms with E-state index in [0.29, 0.717) is 11.5 Å². The van der Waals surface area contributed by atoms with Crippen LogP contribution in [0.1, 0.15) is 29.3 Å². The van der Waals surface area contributed by atoms with Crippen LogP contribution in [0.25, 0.3) is 0 Å². The third-order valence-corrected chi connectivity index (χ3v) is 2.95. The van der Waals surface area contributed by atoms with Crippen molar-refractivity contribution in [3.8, 4) is 11.8 Å². The first-order chi connectivity index (χ1) is 8.61. The normalized spacial score (nSPS) is 20.8. The molecule has 1 fully saturated rings. The van der Waals surface area contributed by atoms with Crippen LogP contribution in [0.15, 0.2) is 18.2 Å². The van der Waals surface area contributed by atoms with Gasteiger partial charge >= 0.3 is 0 Å². The molecule has 1 aliphatic rings. The predicted molar refractivity (Wildman–Crippen MR) is 65.4 cm³/mol. The largest absolute Gasteiger partial charge is 0.384 e. The van der Waals surface area contributed by atoms with E-state index >= 15 is 0 Å². The van der Waals surface area contributed by atoms with Crippen LogP contribution in [0.4, 0.5) is 4.39 Å². The Kier molecular flexibility index (Phi) is 3.63. The minimum Gasteiger partial charge on any atom is -0.384 e. The van der Waals surface area contributed by atoms with E-state index in [0.717, 1.165) is 6.42 Å². The minimum absolute atomic E-state index is 0.0312. The molecule has 94 valence electrons. The van der Waals surface area contributed by atoms with Gasteiger partial charge in [-0.05, 0) is 30.5 Å². The third kappa shape index (κ3) is 2.88. The van der Waals surface area contributed by atoms with Gasteiger partial charge in [0, 0.05) is 11.6 Å². The first kappa shape index (κ1) is 12.6. The molecule has 0 heterocycles. The molecule has 18 heavy (non-hydrogen) atoms. The quantitative estimate of drug-likeness (QED) is 0.774. The second kappa shape index (κ2) is 5.19. The zero-order chi connectivity index (χ0) is 13.1. The standard InChI is InChI=1S/C14H14FNO2/c1-9-7-13(9)16-14(18)11-5-4-10(3-2-6-17)8-12(11)15/h4-5,8-9,13,17H,6-7H2,1H3,(H,16,18). The molecule has 2 unspecified atom stereocenters. The van der Waals surface area contributed by atoms with Crippen LogP contribution < -0.4 is 5.32 Å². The number of amides is 1.